The number of rotatable bonds is 26. The van der Waals surface area contributed by atoms with Crippen LogP contribution in [-0.4, -0.2) is 129 Å². The number of aliphatic hydroxyl groups is 2. The minimum Gasteiger partial charge on any atom is -0.481 e. The lowest BCUT2D eigenvalue weighted by molar-refractivity contribution is -0.142. The molecule has 0 saturated heterocycles. The first-order valence-corrected chi connectivity index (χ1v) is 21.7. The fourth-order valence-corrected chi connectivity index (χ4v) is 7.01. The summed E-state index contributed by atoms with van der Waals surface area (Å²) in [4.78, 5) is 116. The monoisotopic (exact) mass is 885 g/mol. The Morgan fingerprint density at radius 1 is 0.683 bits per heavy atom. The Hall–Kier alpha value is -4.93. The summed E-state index contributed by atoms with van der Waals surface area (Å²) in [7, 11) is 2.93. The van der Waals surface area contributed by atoms with E-state index in [0.717, 1.165) is 12.7 Å². The van der Waals surface area contributed by atoms with Gasteiger partial charge in [0.15, 0.2) is 0 Å². The van der Waals surface area contributed by atoms with Gasteiger partial charge in [-0.3, -0.25) is 38.4 Å². The van der Waals surface area contributed by atoms with E-state index in [9.17, 15) is 58.5 Å². The van der Waals surface area contributed by atoms with E-state index in [1.807, 2.05) is 6.92 Å². The Bertz CT molecular complexity index is 1670. The number of nitrogens with one attached hydrogen (secondary N) is 7. The highest BCUT2D eigenvalue weighted by atomic mass is 33.1. The number of hydrogen-bond acceptors (Lipinski definition) is 14. The number of amides is 7. The summed E-state index contributed by atoms with van der Waals surface area (Å²) in [6.45, 7) is 11.2. The highest BCUT2D eigenvalue weighted by Crippen LogP contribution is 2.37. The molecule has 0 bridgehead atoms. The quantitative estimate of drug-likeness (QED) is 0.0319. The Balaban J connectivity index is 3.15. The molecular formula is C38H59N7O13S2. The maximum absolute atomic E-state index is 13.7. The van der Waals surface area contributed by atoms with Gasteiger partial charge in [-0.2, -0.15) is 0 Å². The molecule has 22 heteroatoms. The van der Waals surface area contributed by atoms with Gasteiger partial charge >= 0.3 is 11.9 Å². The molecule has 0 aliphatic rings. The number of aliphatic hydroxyl groups excluding tert-OH is 2. The van der Waals surface area contributed by atoms with E-state index in [4.69, 9.17) is 4.74 Å². The van der Waals surface area contributed by atoms with Crippen LogP contribution >= 0.6 is 21.6 Å². The number of hydrogen-bond donors (Lipinski definition) is 10. The summed E-state index contributed by atoms with van der Waals surface area (Å²) in [6.07, 6.45) is -3.31. The SMILES string of the molecule is CCC[C@H](NC(=O)[C@H](C)NC(C)=O)C(=O)N[C@@H](CC(=O)O)C(=O)N[C@H](C(=O)N[C@H](C(=O)N[C@H](C(=O)NCC(=O)Oc1ccccc1SSCC)C(C)O)C(C)O)C(C)CC. The van der Waals surface area contributed by atoms with Crippen molar-refractivity contribution in [1.29, 1.82) is 0 Å². The van der Waals surface area contributed by atoms with Gasteiger partial charge in [-0.1, -0.05) is 74.3 Å². The molecule has 20 nitrogen and oxygen atoms in total. The lowest BCUT2D eigenvalue weighted by Gasteiger charge is -2.30. The van der Waals surface area contributed by atoms with Crippen LogP contribution in [0.15, 0.2) is 29.2 Å². The van der Waals surface area contributed by atoms with Gasteiger partial charge in [0, 0.05) is 12.7 Å². The number of carbonyl (C=O) groups excluding carboxylic acids is 8. The van der Waals surface area contributed by atoms with Crippen molar-refractivity contribution in [3.8, 4) is 5.75 Å². The largest absolute Gasteiger partial charge is 0.481 e. The third-order valence-electron chi connectivity index (χ3n) is 8.70. The van der Waals surface area contributed by atoms with E-state index in [0.29, 0.717) is 11.3 Å². The van der Waals surface area contributed by atoms with Gasteiger partial charge in [0.1, 0.15) is 48.5 Å². The molecule has 336 valence electrons. The molecule has 0 aliphatic heterocycles. The Labute approximate surface area is 357 Å². The van der Waals surface area contributed by atoms with Gasteiger partial charge < -0.3 is 57.3 Å². The fraction of sp³-hybridized carbons (Fsp3) is 0.605. The van der Waals surface area contributed by atoms with Gasteiger partial charge in [0.25, 0.3) is 0 Å². The smallest absolute Gasteiger partial charge is 0.330 e. The Morgan fingerprint density at radius 2 is 1.22 bits per heavy atom. The van der Waals surface area contributed by atoms with Crippen LogP contribution in [-0.2, 0) is 43.2 Å². The van der Waals surface area contributed by atoms with Crippen molar-refractivity contribution in [3.63, 3.8) is 0 Å². The number of aliphatic carboxylic acids is 1. The second-order valence-electron chi connectivity index (χ2n) is 13.9. The number of carbonyl (C=O) groups is 9. The Kier molecular flexibility index (Phi) is 23.9. The van der Waals surface area contributed by atoms with Crippen LogP contribution in [0.3, 0.4) is 0 Å². The second-order valence-corrected chi connectivity index (χ2v) is 16.5. The average molecular weight is 886 g/mol. The molecule has 10 N–H and O–H groups in total. The van der Waals surface area contributed by atoms with Gasteiger partial charge in [-0.25, -0.2) is 4.79 Å². The molecule has 1 aromatic rings. The predicted molar refractivity (Wildman–Crippen MR) is 222 cm³/mol. The first kappa shape index (κ1) is 53.1. The molecule has 1 aromatic carbocycles. The van der Waals surface area contributed by atoms with Crippen molar-refractivity contribution in [2.45, 2.75) is 134 Å². The standard InChI is InChI=1S/C38H59N7O13S2/c1-9-14-24(41-33(52)20(5)40-23(8)48)34(53)42-25(17-28(49)50)35(54)43-30(19(4)10-2)37(56)45-32(22(7)47)38(57)44-31(21(6)46)36(55)39-18-29(51)58-26-15-12-13-16-27(26)60-59-11-3/h12-13,15-16,19-22,24-25,30-32,46-47H,9-11,14,17-18H2,1-8H3,(H,39,55)(H,40,48)(H,41,52)(H,42,53)(H,43,54)(H,44,57)(H,45,56)(H,49,50)/t19?,20-,21?,22?,24-,25-,30-,31-,32-/m0/s1. The van der Waals surface area contributed by atoms with E-state index in [1.54, 1.807) is 45.0 Å². The number of benzene rings is 1. The minimum atomic E-state index is -1.76. The van der Waals surface area contributed by atoms with Gasteiger partial charge in [-0.05, 0) is 45.2 Å². The predicted octanol–water partition coefficient (Wildman–Crippen LogP) is -0.500. The van der Waals surface area contributed by atoms with E-state index in [1.165, 1.54) is 42.4 Å². The molecule has 0 fully saturated rings. The maximum atomic E-state index is 13.7. The van der Waals surface area contributed by atoms with Crippen LogP contribution in [0, 0.1) is 5.92 Å². The van der Waals surface area contributed by atoms with Crippen LogP contribution in [0.1, 0.15) is 81.1 Å². The van der Waals surface area contributed by atoms with Crippen LogP contribution < -0.4 is 42.0 Å². The zero-order chi connectivity index (χ0) is 45.7. The van der Waals surface area contributed by atoms with Crippen molar-refractivity contribution in [3.05, 3.63) is 24.3 Å². The summed E-state index contributed by atoms with van der Waals surface area (Å²) >= 11 is 0. The van der Waals surface area contributed by atoms with Gasteiger partial charge in [0.2, 0.25) is 41.4 Å². The van der Waals surface area contributed by atoms with Gasteiger partial charge in [-0.15, -0.1) is 0 Å². The molecule has 3 unspecified atom stereocenters. The third kappa shape index (κ3) is 18.6. The second kappa shape index (κ2) is 27.0. The first-order valence-electron chi connectivity index (χ1n) is 19.4. The molecule has 0 aliphatic carbocycles. The molecule has 0 radical (unpaired) electrons. The fourth-order valence-electron chi connectivity index (χ4n) is 5.29. The lowest BCUT2D eigenvalue weighted by Crippen LogP contribution is -2.63. The van der Waals surface area contributed by atoms with Crippen LogP contribution in [0.2, 0.25) is 0 Å². The van der Waals surface area contributed by atoms with Crippen molar-refractivity contribution in [2.24, 2.45) is 5.92 Å². The number of para-hydroxylation sites is 1. The summed E-state index contributed by atoms with van der Waals surface area (Å²) in [5.41, 5.74) is 0. The van der Waals surface area contributed by atoms with E-state index >= 15 is 0 Å². The molecule has 60 heavy (non-hydrogen) atoms. The first-order chi connectivity index (χ1) is 28.2. The molecular weight excluding hydrogens is 827 g/mol. The number of carboxylic acid groups (broad SMARTS) is 1. The number of carboxylic acids is 1. The van der Waals surface area contributed by atoms with Crippen molar-refractivity contribution >= 4 is 74.9 Å². The topological polar surface area (TPSA) is 308 Å². The van der Waals surface area contributed by atoms with Crippen molar-refractivity contribution in [2.75, 3.05) is 12.3 Å². The normalized spacial score (nSPS) is 15.4. The molecule has 7 amide bonds. The molecule has 0 aromatic heterocycles. The summed E-state index contributed by atoms with van der Waals surface area (Å²) in [6, 6.07) is -2.09. The highest BCUT2D eigenvalue weighted by molar-refractivity contribution is 8.76. The summed E-state index contributed by atoms with van der Waals surface area (Å²) in [5.74, 6) is -8.23. The zero-order valence-electron chi connectivity index (χ0n) is 35.0. The van der Waals surface area contributed by atoms with E-state index < -0.39 is 121 Å². The molecule has 0 saturated carbocycles. The molecule has 0 spiro atoms. The molecule has 1 rings (SSSR count). The van der Waals surface area contributed by atoms with E-state index in [-0.39, 0.29) is 18.6 Å². The van der Waals surface area contributed by atoms with Crippen LogP contribution in [0.5, 0.6) is 5.75 Å². The average Bonchev–Trinajstić information content (AvgIpc) is 3.17. The van der Waals surface area contributed by atoms with Crippen molar-refractivity contribution < 1.29 is 63.2 Å². The van der Waals surface area contributed by atoms with Crippen molar-refractivity contribution in [1.82, 2.24) is 37.2 Å². The van der Waals surface area contributed by atoms with E-state index in [2.05, 4.69) is 37.2 Å². The zero-order valence-corrected chi connectivity index (χ0v) is 36.6. The van der Waals surface area contributed by atoms with Gasteiger partial charge in [0.05, 0.1) is 23.5 Å². The Morgan fingerprint density at radius 3 is 1.75 bits per heavy atom. The summed E-state index contributed by atoms with van der Waals surface area (Å²) < 4.78 is 5.39. The molecule has 9 atom stereocenters. The highest BCUT2D eigenvalue weighted by Gasteiger charge is 2.37. The van der Waals surface area contributed by atoms with Crippen LogP contribution in [0.4, 0.5) is 0 Å². The third-order valence-corrected chi connectivity index (χ3v) is 11.2. The maximum Gasteiger partial charge on any atom is 0.330 e. The lowest BCUT2D eigenvalue weighted by atomic mass is 9.96. The number of esters is 1. The number of ether oxygens (including phenoxy) is 1. The minimum absolute atomic E-state index is 0.0868. The molecule has 0 heterocycles. The van der Waals surface area contributed by atoms with Crippen LogP contribution in [0.25, 0.3) is 0 Å². The summed E-state index contributed by atoms with van der Waals surface area (Å²) in [5, 5.41) is 47.0.